The highest BCUT2D eigenvalue weighted by atomic mass is 15.2. The van der Waals surface area contributed by atoms with Crippen molar-refractivity contribution in [2.75, 3.05) is 6.54 Å². The zero-order valence-corrected chi connectivity index (χ0v) is 10.4. The maximum atomic E-state index is 4.45. The van der Waals surface area contributed by atoms with Crippen molar-refractivity contribution in [1.82, 2.24) is 14.9 Å². The van der Waals surface area contributed by atoms with Crippen LogP contribution in [0.4, 0.5) is 0 Å². The Bertz CT molecular complexity index is 346. The van der Waals surface area contributed by atoms with Crippen LogP contribution in [0.3, 0.4) is 0 Å². The highest BCUT2D eigenvalue weighted by Gasteiger charge is 2.32. The summed E-state index contributed by atoms with van der Waals surface area (Å²) in [6.45, 7) is 1.26. The van der Waals surface area contributed by atoms with Crippen LogP contribution in [0.5, 0.6) is 0 Å². The van der Waals surface area contributed by atoms with Crippen molar-refractivity contribution < 1.29 is 0 Å². The van der Waals surface area contributed by atoms with Gasteiger partial charge >= 0.3 is 0 Å². The van der Waals surface area contributed by atoms with E-state index in [1.54, 1.807) is 6.33 Å². The van der Waals surface area contributed by atoms with E-state index in [0.717, 1.165) is 6.04 Å². The fraction of sp³-hybridized carbons (Fsp3) is 0.714. The van der Waals surface area contributed by atoms with E-state index in [-0.39, 0.29) is 0 Å². The van der Waals surface area contributed by atoms with Crippen molar-refractivity contribution in [3.8, 4) is 0 Å². The Labute approximate surface area is 103 Å². The van der Waals surface area contributed by atoms with Crippen LogP contribution in [0, 0.1) is 0 Å². The summed E-state index contributed by atoms with van der Waals surface area (Å²) >= 11 is 0. The van der Waals surface area contributed by atoms with E-state index in [0.29, 0.717) is 6.04 Å². The molecule has 1 aliphatic heterocycles. The summed E-state index contributed by atoms with van der Waals surface area (Å²) in [5, 5.41) is 0. The molecule has 1 saturated carbocycles. The predicted molar refractivity (Wildman–Crippen MR) is 67.6 cm³/mol. The van der Waals surface area contributed by atoms with Crippen molar-refractivity contribution in [2.45, 2.75) is 57.0 Å². The molecule has 2 aliphatic rings. The molecule has 3 rings (SSSR count). The minimum absolute atomic E-state index is 0.557. The molecule has 1 aromatic heterocycles. The minimum Gasteiger partial charge on any atom is -0.292 e. The molecular formula is C14H21N3. The van der Waals surface area contributed by atoms with Gasteiger partial charge in [-0.25, -0.2) is 9.97 Å². The molecule has 1 aromatic rings. The molecule has 17 heavy (non-hydrogen) atoms. The maximum absolute atomic E-state index is 4.45. The number of nitrogens with zero attached hydrogens (tertiary/aromatic N) is 3. The number of hydrogen-bond acceptors (Lipinski definition) is 3. The Kier molecular flexibility index (Phi) is 3.36. The highest BCUT2D eigenvalue weighted by molar-refractivity contribution is 5.08. The molecule has 0 unspecified atom stereocenters. The first-order valence-electron chi connectivity index (χ1n) is 6.97. The summed E-state index contributed by atoms with van der Waals surface area (Å²) in [5.41, 5.74) is 1.23. The first kappa shape index (κ1) is 11.1. The van der Waals surface area contributed by atoms with Crippen LogP contribution in [-0.4, -0.2) is 27.5 Å². The second-order valence-electron chi connectivity index (χ2n) is 5.32. The molecule has 1 aliphatic carbocycles. The van der Waals surface area contributed by atoms with E-state index in [2.05, 4.69) is 20.9 Å². The van der Waals surface area contributed by atoms with Gasteiger partial charge in [-0.1, -0.05) is 19.3 Å². The summed E-state index contributed by atoms with van der Waals surface area (Å²) in [4.78, 5) is 11.2. The molecule has 3 nitrogen and oxygen atoms in total. The summed E-state index contributed by atoms with van der Waals surface area (Å²) in [6.07, 6.45) is 13.2. The van der Waals surface area contributed by atoms with Crippen molar-refractivity contribution in [3.05, 3.63) is 24.3 Å². The summed E-state index contributed by atoms with van der Waals surface area (Å²) in [5.74, 6) is 0. The van der Waals surface area contributed by atoms with Crippen LogP contribution in [0.15, 0.2) is 18.6 Å². The largest absolute Gasteiger partial charge is 0.292 e. The quantitative estimate of drug-likeness (QED) is 0.783. The number of aromatic nitrogens is 2. The molecule has 92 valence electrons. The maximum Gasteiger partial charge on any atom is 0.115 e. The molecule has 1 atom stereocenters. The highest BCUT2D eigenvalue weighted by Crippen LogP contribution is 2.36. The fourth-order valence-electron chi connectivity index (χ4n) is 3.45. The van der Waals surface area contributed by atoms with Gasteiger partial charge in [-0.2, -0.15) is 0 Å². The summed E-state index contributed by atoms with van der Waals surface area (Å²) in [7, 11) is 0. The van der Waals surface area contributed by atoms with Crippen LogP contribution in [0.1, 0.15) is 56.7 Å². The van der Waals surface area contributed by atoms with Gasteiger partial charge in [0.15, 0.2) is 0 Å². The third kappa shape index (κ3) is 2.34. The molecule has 0 spiro atoms. The van der Waals surface area contributed by atoms with E-state index in [9.17, 15) is 0 Å². The normalized spacial score (nSPS) is 27.4. The van der Waals surface area contributed by atoms with Crippen molar-refractivity contribution in [1.29, 1.82) is 0 Å². The van der Waals surface area contributed by atoms with Gasteiger partial charge in [-0.3, -0.25) is 4.90 Å². The third-order valence-corrected chi connectivity index (χ3v) is 4.28. The third-order valence-electron chi connectivity index (χ3n) is 4.28. The van der Waals surface area contributed by atoms with Gasteiger partial charge in [0, 0.05) is 12.2 Å². The monoisotopic (exact) mass is 231 g/mol. The van der Waals surface area contributed by atoms with E-state index >= 15 is 0 Å². The van der Waals surface area contributed by atoms with Crippen molar-refractivity contribution in [3.63, 3.8) is 0 Å². The zero-order valence-electron chi connectivity index (χ0n) is 10.4. The average molecular weight is 231 g/mol. The smallest absolute Gasteiger partial charge is 0.115 e. The van der Waals surface area contributed by atoms with Crippen molar-refractivity contribution >= 4 is 0 Å². The summed E-state index contributed by atoms with van der Waals surface area (Å²) < 4.78 is 0. The Balaban J connectivity index is 1.75. The Morgan fingerprint density at radius 3 is 2.71 bits per heavy atom. The first-order chi connectivity index (χ1) is 8.45. The molecule has 2 fully saturated rings. The first-order valence-corrected chi connectivity index (χ1v) is 6.97. The Morgan fingerprint density at radius 2 is 1.94 bits per heavy atom. The second-order valence-corrected chi connectivity index (χ2v) is 5.32. The molecule has 0 bridgehead atoms. The number of likely N-dealkylation sites (tertiary alicyclic amines) is 1. The molecule has 0 aromatic carbocycles. The topological polar surface area (TPSA) is 29.0 Å². The second kappa shape index (κ2) is 5.13. The van der Waals surface area contributed by atoms with Crippen LogP contribution < -0.4 is 0 Å². The fourth-order valence-corrected chi connectivity index (χ4v) is 3.45. The van der Waals surface area contributed by atoms with E-state index in [1.165, 1.54) is 57.2 Å². The van der Waals surface area contributed by atoms with Gasteiger partial charge in [0.2, 0.25) is 0 Å². The van der Waals surface area contributed by atoms with E-state index < -0.39 is 0 Å². The SMILES string of the molecule is c1cc([C@@H]2CCCN2C2CCCCC2)ncn1. The van der Waals surface area contributed by atoms with Gasteiger partial charge in [0.25, 0.3) is 0 Å². The van der Waals surface area contributed by atoms with Crippen LogP contribution in [0.2, 0.25) is 0 Å². The Hall–Kier alpha value is -0.960. The molecule has 1 saturated heterocycles. The Morgan fingerprint density at radius 1 is 1.06 bits per heavy atom. The van der Waals surface area contributed by atoms with Crippen LogP contribution in [-0.2, 0) is 0 Å². The van der Waals surface area contributed by atoms with Gasteiger partial charge in [-0.15, -0.1) is 0 Å². The number of hydrogen-bond donors (Lipinski definition) is 0. The molecular weight excluding hydrogens is 210 g/mol. The standard InChI is InChI=1S/C14H21N3/c1-2-5-12(6-3-1)17-10-4-7-14(17)13-8-9-15-11-16-13/h8-9,11-12,14H,1-7,10H2/t14-/m0/s1. The molecule has 2 heterocycles. The molecule has 0 N–H and O–H groups in total. The number of rotatable bonds is 2. The van der Waals surface area contributed by atoms with Gasteiger partial charge < -0.3 is 0 Å². The lowest BCUT2D eigenvalue weighted by atomic mass is 9.93. The lowest BCUT2D eigenvalue weighted by Crippen LogP contribution is -2.36. The minimum atomic E-state index is 0.557. The summed E-state index contributed by atoms with van der Waals surface area (Å²) in [6, 6.07) is 3.46. The lowest BCUT2D eigenvalue weighted by Gasteiger charge is -2.35. The molecule has 0 radical (unpaired) electrons. The van der Waals surface area contributed by atoms with Crippen molar-refractivity contribution in [2.24, 2.45) is 0 Å². The van der Waals surface area contributed by atoms with Gasteiger partial charge in [0.1, 0.15) is 6.33 Å². The molecule has 3 heteroatoms. The van der Waals surface area contributed by atoms with Gasteiger partial charge in [-0.05, 0) is 38.3 Å². The van der Waals surface area contributed by atoms with Gasteiger partial charge in [0.05, 0.1) is 11.7 Å². The van der Waals surface area contributed by atoms with E-state index in [4.69, 9.17) is 0 Å². The average Bonchev–Trinajstić information content (AvgIpc) is 2.90. The predicted octanol–water partition coefficient (Wildman–Crippen LogP) is 2.95. The zero-order chi connectivity index (χ0) is 11.5. The van der Waals surface area contributed by atoms with Crippen LogP contribution in [0.25, 0.3) is 0 Å². The van der Waals surface area contributed by atoms with E-state index in [1.807, 2.05) is 6.20 Å². The molecule has 0 amide bonds. The lowest BCUT2D eigenvalue weighted by molar-refractivity contribution is 0.140. The van der Waals surface area contributed by atoms with Crippen LogP contribution >= 0.6 is 0 Å².